The van der Waals surface area contributed by atoms with E-state index in [4.69, 9.17) is 0 Å². The summed E-state index contributed by atoms with van der Waals surface area (Å²) in [6.45, 7) is 6.92. The molecule has 6 heteroatoms. The highest BCUT2D eigenvalue weighted by atomic mass is 79.9. The number of hydrogen-bond acceptors (Lipinski definition) is 4. The Morgan fingerprint density at radius 1 is 1.22 bits per heavy atom. The maximum absolute atomic E-state index is 11.9. The van der Waals surface area contributed by atoms with Gasteiger partial charge >= 0.3 is 0 Å². The Balaban J connectivity index is 1.96. The first kappa shape index (κ1) is 17.4. The molecule has 2 N–H and O–H groups in total. The smallest absolute Gasteiger partial charge is 0.271 e. The molecule has 122 valence electrons. The van der Waals surface area contributed by atoms with E-state index in [1.807, 2.05) is 25.1 Å². The van der Waals surface area contributed by atoms with E-state index in [2.05, 4.69) is 50.6 Å². The van der Waals surface area contributed by atoms with Crippen LogP contribution in [0.15, 0.2) is 34.8 Å². The van der Waals surface area contributed by atoms with E-state index in [0.717, 1.165) is 22.1 Å². The maximum atomic E-state index is 11.9. The second-order valence-corrected chi connectivity index (χ2v) is 6.69. The number of nitrogens with one attached hydrogen (secondary N) is 2. The predicted molar refractivity (Wildman–Crippen MR) is 96.0 cm³/mol. The molecule has 0 unspecified atom stereocenters. The van der Waals surface area contributed by atoms with Gasteiger partial charge in [-0.25, -0.2) is 0 Å². The lowest BCUT2D eigenvalue weighted by atomic mass is 10.1. The molecule has 0 fully saturated rings. The number of carbonyl (C=O) groups is 1. The lowest BCUT2D eigenvalue weighted by Gasteiger charge is -2.08. The first-order valence-electron chi connectivity index (χ1n) is 7.61. The minimum absolute atomic E-state index is 0.192. The van der Waals surface area contributed by atoms with Crippen LogP contribution >= 0.6 is 15.9 Å². The van der Waals surface area contributed by atoms with Gasteiger partial charge in [0.2, 0.25) is 0 Å². The Morgan fingerprint density at radius 2 is 2.00 bits per heavy atom. The lowest BCUT2D eigenvalue weighted by Crippen LogP contribution is -2.26. The van der Waals surface area contributed by atoms with Crippen molar-refractivity contribution in [1.82, 2.24) is 15.5 Å². The highest BCUT2D eigenvalue weighted by Gasteiger charge is 2.08. The molecule has 1 amide bonds. The summed E-state index contributed by atoms with van der Waals surface area (Å²) in [4.78, 5) is 11.9. The standard InChI is InChI=1S/C17H21BrN4O/c1-11(2)8-9-19-17(23)15-6-7-16(22-21-15)20-13-5-4-12(3)14(18)10-13/h4-7,10-11H,8-9H2,1-3H3,(H,19,23)(H,20,22). The second-order valence-electron chi connectivity index (χ2n) is 5.83. The van der Waals surface area contributed by atoms with Crippen molar-refractivity contribution in [2.45, 2.75) is 27.2 Å². The monoisotopic (exact) mass is 376 g/mol. The van der Waals surface area contributed by atoms with Crippen LogP contribution in [0.5, 0.6) is 0 Å². The van der Waals surface area contributed by atoms with Crippen molar-refractivity contribution >= 4 is 33.3 Å². The average Bonchev–Trinajstić information content (AvgIpc) is 2.51. The molecule has 1 aromatic heterocycles. The fraction of sp³-hybridized carbons (Fsp3) is 0.353. The quantitative estimate of drug-likeness (QED) is 0.797. The van der Waals surface area contributed by atoms with Gasteiger partial charge in [-0.3, -0.25) is 4.79 Å². The van der Waals surface area contributed by atoms with E-state index >= 15 is 0 Å². The summed E-state index contributed by atoms with van der Waals surface area (Å²) in [5, 5.41) is 14.0. The van der Waals surface area contributed by atoms with E-state index in [1.54, 1.807) is 12.1 Å². The molecule has 0 bridgehead atoms. The zero-order valence-electron chi connectivity index (χ0n) is 13.6. The first-order valence-corrected chi connectivity index (χ1v) is 8.40. The number of anilines is 2. The largest absolute Gasteiger partial charge is 0.351 e. The van der Waals surface area contributed by atoms with Crippen LogP contribution in [-0.2, 0) is 0 Å². The molecule has 0 saturated carbocycles. The molecule has 23 heavy (non-hydrogen) atoms. The molecule has 2 rings (SSSR count). The Morgan fingerprint density at radius 3 is 2.61 bits per heavy atom. The van der Waals surface area contributed by atoms with Crippen LogP contribution in [0.2, 0.25) is 0 Å². The van der Waals surface area contributed by atoms with Gasteiger partial charge in [0, 0.05) is 16.7 Å². The summed E-state index contributed by atoms with van der Waals surface area (Å²) in [6, 6.07) is 9.37. The van der Waals surface area contributed by atoms with Gasteiger partial charge in [-0.1, -0.05) is 35.8 Å². The molecule has 0 aliphatic carbocycles. The van der Waals surface area contributed by atoms with E-state index in [0.29, 0.717) is 24.0 Å². The summed E-state index contributed by atoms with van der Waals surface area (Å²) in [5.41, 5.74) is 2.39. The summed E-state index contributed by atoms with van der Waals surface area (Å²) in [5.74, 6) is 0.962. The third kappa shape index (κ3) is 5.32. The number of aryl methyl sites for hydroxylation is 1. The minimum atomic E-state index is -0.192. The van der Waals surface area contributed by atoms with Crippen molar-refractivity contribution in [3.05, 3.63) is 46.1 Å². The SMILES string of the molecule is Cc1ccc(Nc2ccc(C(=O)NCCC(C)C)nn2)cc1Br. The Labute approximate surface area is 145 Å². The number of nitrogens with zero attached hydrogens (tertiary/aromatic N) is 2. The summed E-state index contributed by atoms with van der Waals surface area (Å²) < 4.78 is 1.02. The van der Waals surface area contributed by atoms with Crippen molar-refractivity contribution in [1.29, 1.82) is 0 Å². The third-order valence-electron chi connectivity index (χ3n) is 3.35. The maximum Gasteiger partial charge on any atom is 0.271 e. The summed E-state index contributed by atoms with van der Waals surface area (Å²) in [6.07, 6.45) is 0.946. The van der Waals surface area contributed by atoms with Gasteiger partial charge in [0.1, 0.15) is 0 Å². The molecule has 0 aliphatic rings. The summed E-state index contributed by atoms with van der Waals surface area (Å²) >= 11 is 3.50. The zero-order chi connectivity index (χ0) is 16.8. The van der Waals surface area contributed by atoms with Gasteiger partial charge in [0.25, 0.3) is 5.91 Å². The fourth-order valence-electron chi connectivity index (χ4n) is 1.90. The number of carbonyl (C=O) groups excluding carboxylic acids is 1. The Kier molecular flexibility index (Phi) is 6.10. The molecular formula is C17H21BrN4O. The van der Waals surface area contributed by atoms with Crippen LogP contribution < -0.4 is 10.6 Å². The van der Waals surface area contributed by atoms with Crippen LogP contribution in [-0.4, -0.2) is 22.6 Å². The number of benzene rings is 1. The highest BCUT2D eigenvalue weighted by molar-refractivity contribution is 9.10. The van der Waals surface area contributed by atoms with Crippen LogP contribution in [0.3, 0.4) is 0 Å². The van der Waals surface area contributed by atoms with Crippen molar-refractivity contribution < 1.29 is 4.79 Å². The number of rotatable bonds is 6. The van der Waals surface area contributed by atoms with Crippen molar-refractivity contribution in [2.75, 3.05) is 11.9 Å². The van der Waals surface area contributed by atoms with E-state index in [-0.39, 0.29) is 5.91 Å². The minimum Gasteiger partial charge on any atom is -0.351 e. The molecule has 2 aromatic rings. The molecule has 1 heterocycles. The van der Waals surface area contributed by atoms with Gasteiger partial charge in [0.05, 0.1) is 0 Å². The normalized spacial score (nSPS) is 10.7. The fourth-order valence-corrected chi connectivity index (χ4v) is 2.28. The van der Waals surface area contributed by atoms with Crippen LogP contribution in [0, 0.1) is 12.8 Å². The Bertz CT molecular complexity index is 671. The van der Waals surface area contributed by atoms with Gasteiger partial charge in [-0.15, -0.1) is 10.2 Å². The lowest BCUT2D eigenvalue weighted by molar-refractivity contribution is 0.0946. The van der Waals surface area contributed by atoms with Gasteiger partial charge in [0.15, 0.2) is 11.5 Å². The van der Waals surface area contributed by atoms with Crippen molar-refractivity contribution in [3.63, 3.8) is 0 Å². The first-order chi connectivity index (χ1) is 11.0. The zero-order valence-corrected chi connectivity index (χ0v) is 15.1. The molecule has 1 aromatic carbocycles. The second kappa shape index (κ2) is 8.06. The molecule has 5 nitrogen and oxygen atoms in total. The summed E-state index contributed by atoms with van der Waals surface area (Å²) in [7, 11) is 0. The number of aromatic nitrogens is 2. The van der Waals surface area contributed by atoms with Gasteiger partial charge in [-0.2, -0.15) is 0 Å². The molecule has 0 saturated heterocycles. The third-order valence-corrected chi connectivity index (χ3v) is 4.20. The van der Waals surface area contributed by atoms with Crippen molar-refractivity contribution in [3.8, 4) is 0 Å². The number of amides is 1. The Hall–Kier alpha value is -1.95. The molecule has 0 atom stereocenters. The van der Waals surface area contributed by atoms with E-state index < -0.39 is 0 Å². The van der Waals surface area contributed by atoms with Gasteiger partial charge < -0.3 is 10.6 Å². The van der Waals surface area contributed by atoms with Crippen molar-refractivity contribution in [2.24, 2.45) is 5.92 Å². The van der Waals surface area contributed by atoms with E-state index in [9.17, 15) is 4.79 Å². The van der Waals surface area contributed by atoms with Crippen LogP contribution in [0.1, 0.15) is 36.3 Å². The van der Waals surface area contributed by atoms with Crippen LogP contribution in [0.4, 0.5) is 11.5 Å². The molecular weight excluding hydrogens is 356 g/mol. The topological polar surface area (TPSA) is 66.9 Å². The highest BCUT2D eigenvalue weighted by Crippen LogP contribution is 2.22. The van der Waals surface area contributed by atoms with Crippen LogP contribution in [0.25, 0.3) is 0 Å². The average molecular weight is 377 g/mol. The van der Waals surface area contributed by atoms with E-state index in [1.165, 1.54) is 0 Å². The molecule has 0 spiro atoms. The molecule has 0 aliphatic heterocycles. The predicted octanol–water partition coefficient (Wildman–Crippen LogP) is 4.07. The molecule has 0 radical (unpaired) electrons. The number of halogens is 1. The number of hydrogen-bond donors (Lipinski definition) is 2. The van der Waals surface area contributed by atoms with Gasteiger partial charge in [-0.05, 0) is 49.1 Å².